The summed E-state index contributed by atoms with van der Waals surface area (Å²) >= 11 is 3.45. The van der Waals surface area contributed by atoms with E-state index in [0.717, 1.165) is 21.2 Å². The third-order valence-corrected chi connectivity index (χ3v) is 5.46. The highest BCUT2D eigenvalue weighted by Gasteiger charge is 2.06. The Balaban J connectivity index is 1.70. The van der Waals surface area contributed by atoms with Gasteiger partial charge in [-0.1, -0.05) is 46.0 Å². The minimum Gasteiger partial charge on any atom is -0.490 e. The van der Waals surface area contributed by atoms with Crippen LogP contribution in [0.2, 0.25) is 0 Å². The van der Waals surface area contributed by atoms with E-state index in [1.54, 1.807) is 37.3 Å². The zero-order valence-corrected chi connectivity index (χ0v) is 20.4. The molecule has 0 saturated heterocycles. The van der Waals surface area contributed by atoms with Crippen LogP contribution in [0.4, 0.5) is 4.39 Å². The summed E-state index contributed by atoms with van der Waals surface area (Å²) in [5, 5.41) is 8.75. The number of aryl methyl sites for hydroxylation is 2. The molecule has 0 amide bonds. The van der Waals surface area contributed by atoms with E-state index in [1.165, 1.54) is 6.07 Å². The molecule has 0 saturated carbocycles. The molecule has 0 spiro atoms. The molecule has 3 rings (SSSR count). The predicted molar refractivity (Wildman–Crippen MR) is 134 cm³/mol. The maximum atomic E-state index is 13.6. The Labute approximate surface area is 207 Å². The largest absolute Gasteiger partial charge is 0.490 e. The first-order valence-corrected chi connectivity index (χ1v) is 11.4. The molecule has 3 aromatic rings. The molecule has 1 N–H and O–H groups in total. The Morgan fingerprint density at radius 2 is 1.82 bits per heavy atom. The molecule has 34 heavy (non-hydrogen) atoms. The normalized spacial score (nSPS) is 11.5. The Morgan fingerprint density at radius 1 is 1.06 bits per heavy atom. The lowest BCUT2D eigenvalue weighted by atomic mass is 9.98. The Kier molecular flexibility index (Phi) is 8.89. The van der Waals surface area contributed by atoms with Gasteiger partial charge in [-0.15, -0.1) is 0 Å². The van der Waals surface area contributed by atoms with Gasteiger partial charge in [-0.25, -0.2) is 9.18 Å². The fourth-order valence-electron chi connectivity index (χ4n) is 3.15. The molecule has 3 aromatic carbocycles. The van der Waals surface area contributed by atoms with Gasteiger partial charge in [-0.05, 0) is 85.1 Å². The van der Waals surface area contributed by atoms with Crippen LogP contribution in [0.1, 0.15) is 28.2 Å². The van der Waals surface area contributed by atoms with Crippen LogP contribution in [0.5, 0.6) is 11.5 Å². The molecule has 1 unspecified atom stereocenters. The third-order valence-electron chi connectivity index (χ3n) is 4.93. The maximum Gasteiger partial charge on any atom is 0.341 e. The Morgan fingerprint density at radius 3 is 2.50 bits per heavy atom. The summed E-state index contributed by atoms with van der Waals surface area (Å²) in [6.07, 6.45) is 3.88. The highest BCUT2D eigenvalue weighted by Crippen LogP contribution is 2.24. The summed E-state index contributed by atoms with van der Waals surface area (Å²) in [4.78, 5) is 10.7. The molecule has 0 aliphatic carbocycles. The van der Waals surface area contributed by atoms with Gasteiger partial charge in [0.1, 0.15) is 23.9 Å². The molecular weight excluding hydrogens is 499 g/mol. The van der Waals surface area contributed by atoms with Gasteiger partial charge in [0.05, 0.1) is 5.92 Å². The number of carbonyl (C=O) groups is 1. The fraction of sp³-hybridized carbons (Fsp3) is 0.179. The van der Waals surface area contributed by atoms with Gasteiger partial charge >= 0.3 is 5.97 Å². The number of hydrogen-bond acceptors (Lipinski definition) is 3. The molecule has 0 aliphatic rings. The van der Waals surface area contributed by atoms with Crippen molar-refractivity contribution in [3.63, 3.8) is 0 Å². The van der Waals surface area contributed by atoms with Crippen LogP contribution in [0.25, 0.3) is 0 Å². The van der Waals surface area contributed by atoms with Crippen molar-refractivity contribution < 1.29 is 23.8 Å². The molecule has 174 valence electrons. The van der Waals surface area contributed by atoms with E-state index in [0.29, 0.717) is 23.7 Å². The SMILES string of the molecule is Cc1cc(C#CC(/C=C\COc2ccc(OCC(=O)O)c(C)c2)c2ccc(Br)cc2)ccc1F. The number of aliphatic carboxylic acids is 1. The quantitative estimate of drug-likeness (QED) is 0.273. The minimum atomic E-state index is -1.03. The van der Waals surface area contributed by atoms with Crippen LogP contribution in [-0.4, -0.2) is 24.3 Å². The highest BCUT2D eigenvalue weighted by atomic mass is 79.9. The number of halogens is 2. The van der Waals surface area contributed by atoms with Gasteiger partial charge in [-0.2, -0.15) is 0 Å². The number of carboxylic acid groups (broad SMARTS) is 1. The van der Waals surface area contributed by atoms with E-state index >= 15 is 0 Å². The van der Waals surface area contributed by atoms with E-state index in [-0.39, 0.29) is 18.3 Å². The molecule has 1 atom stereocenters. The summed E-state index contributed by atoms with van der Waals surface area (Å²) in [6.45, 7) is 3.49. The molecular formula is C28H24BrFO4. The lowest BCUT2D eigenvalue weighted by molar-refractivity contribution is -0.139. The Hall–Kier alpha value is -3.56. The van der Waals surface area contributed by atoms with Gasteiger partial charge in [0.25, 0.3) is 0 Å². The number of ether oxygens (including phenoxy) is 2. The number of carboxylic acids is 1. The molecule has 0 heterocycles. The van der Waals surface area contributed by atoms with E-state index in [4.69, 9.17) is 14.6 Å². The standard InChI is InChI=1S/C28H24BrFO4/c1-19-16-21(6-13-26(19)30)5-7-22(23-8-10-24(29)11-9-23)4-3-15-33-25-12-14-27(20(2)17-25)34-18-28(31)32/h3-4,6,8-14,16-17,22H,15,18H2,1-2H3,(H,31,32)/b4-3-. The average Bonchev–Trinajstić information content (AvgIpc) is 2.81. The maximum absolute atomic E-state index is 13.6. The van der Waals surface area contributed by atoms with E-state index in [9.17, 15) is 9.18 Å². The number of benzene rings is 3. The second-order valence-corrected chi connectivity index (χ2v) is 8.53. The van der Waals surface area contributed by atoms with Gasteiger partial charge in [0.2, 0.25) is 0 Å². The van der Waals surface area contributed by atoms with E-state index in [2.05, 4.69) is 27.8 Å². The fourth-order valence-corrected chi connectivity index (χ4v) is 3.41. The first kappa shape index (κ1) is 25.1. The van der Waals surface area contributed by atoms with Crippen LogP contribution in [-0.2, 0) is 4.79 Å². The van der Waals surface area contributed by atoms with Crippen LogP contribution in [0.3, 0.4) is 0 Å². The van der Waals surface area contributed by atoms with Crippen molar-refractivity contribution in [2.45, 2.75) is 19.8 Å². The van der Waals surface area contributed by atoms with Crippen molar-refractivity contribution in [3.8, 4) is 23.3 Å². The van der Waals surface area contributed by atoms with E-state index in [1.807, 2.05) is 43.3 Å². The first-order chi connectivity index (χ1) is 16.3. The zero-order valence-electron chi connectivity index (χ0n) is 18.8. The lowest BCUT2D eigenvalue weighted by Gasteiger charge is -2.10. The molecule has 0 fully saturated rings. The van der Waals surface area contributed by atoms with Gasteiger partial charge in [-0.3, -0.25) is 0 Å². The van der Waals surface area contributed by atoms with Crippen LogP contribution in [0, 0.1) is 31.5 Å². The summed E-state index contributed by atoms with van der Waals surface area (Å²) in [5.41, 5.74) is 3.13. The molecule has 6 heteroatoms. The van der Waals surface area contributed by atoms with Crippen LogP contribution in [0.15, 0.2) is 77.3 Å². The lowest BCUT2D eigenvalue weighted by Crippen LogP contribution is -2.10. The number of allylic oxidation sites excluding steroid dienone is 1. The van der Waals surface area contributed by atoms with Crippen molar-refractivity contribution in [3.05, 3.63) is 105 Å². The van der Waals surface area contributed by atoms with Crippen LogP contribution < -0.4 is 9.47 Å². The molecule has 4 nitrogen and oxygen atoms in total. The van der Waals surface area contributed by atoms with Crippen molar-refractivity contribution in [1.29, 1.82) is 0 Å². The summed E-state index contributed by atoms with van der Waals surface area (Å²) in [6, 6.07) is 18.0. The summed E-state index contributed by atoms with van der Waals surface area (Å²) in [7, 11) is 0. The monoisotopic (exact) mass is 522 g/mol. The predicted octanol–water partition coefficient (Wildman–Crippen LogP) is 6.44. The molecule has 0 aliphatic heterocycles. The van der Waals surface area contributed by atoms with E-state index < -0.39 is 5.97 Å². The second kappa shape index (κ2) is 12.1. The molecule has 0 aromatic heterocycles. The summed E-state index contributed by atoms with van der Waals surface area (Å²) < 4.78 is 25.6. The molecule has 0 bridgehead atoms. The smallest absolute Gasteiger partial charge is 0.341 e. The van der Waals surface area contributed by atoms with Crippen molar-refractivity contribution in [2.24, 2.45) is 0 Å². The van der Waals surface area contributed by atoms with Crippen molar-refractivity contribution in [2.75, 3.05) is 13.2 Å². The topological polar surface area (TPSA) is 55.8 Å². The molecule has 0 radical (unpaired) electrons. The second-order valence-electron chi connectivity index (χ2n) is 7.61. The van der Waals surface area contributed by atoms with Crippen LogP contribution >= 0.6 is 15.9 Å². The summed E-state index contributed by atoms with van der Waals surface area (Å²) in [5.74, 6) is 6.12. The van der Waals surface area contributed by atoms with Gasteiger partial charge < -0.3 is 14.6 Å². The Bertz CT molecular complexity index is 1240. The highest BCUT2D eigenvalue weighted by molar-refractivity contribution is 9.10. The number of hydrogen-bond donors (Lipinski definition) is 1. The van der Waals surface area contributed by atoms with Crippen molar-refractivity contribution >= 4 is 21.9 Å². The number of rotatable bonds is 8. The van der Waals surface area contributed by atoms with Gasteiger partial charge in [0, 0.05) is 10.0 Å². The minimum absolute atomic E-state index is 0.171. The van der Waals surface area contributed by atoms with Crippen molar-refractivity contribution in [1.82, 2.24) is 0 Å². The third kappa shape index (κ3) is 7.50. The average molecular weight is 523 g/mol. The zero-order chi connectivity index (χ0) is 24.5. The first-order valence-electron chi connectivity index (χ1n) is 10.6. The van der Waals surface area contributed by atoms with Gasteiger partial charge in [0.15, 0.2) is 6.61 Å².